The molecule has 8 nitrogen and oxygen atoms in total. The molecule has 1 aromatic heterocycles. The minimum Gasteiger partial charge on any atom is -0.497 e. The van der Waals surface area contributed by atoms with Crippen molar-refractivity contribution in [3.05, 3.63) is 83.8 Å². The first-order chi connectivity index (χ1) is 16.9. The van der Waals surface area contributed by atoms with Crippen LogP contribution >= 0.6 is 0 Å². The molecule has 1 saturated heterocycles. The van der Waals surface area contributed by atoms with E-state index >= 15 is 0 Å². The third kappa shape index (κ3) is 5.75. The first-order valence-corrected chi connectivity index (χ1v) is 12.7. The van der Waals surface area contributed by atoms with Gasteiger partial charge in [0.25, 0.3) is 0 Å². The predicted molar refractivity (Wildman–Crippen MR) is 131 cm³/mol. The van der Waals surface area contributed by atoms with Crippen molar-refractivity contribution in [1.29, 1.82) is 0 Å². The number of furan rings is 1. The smallest absolute Gasteiger partial charge is 0.247 e. The molecule has 0 radical (unpaired) electrons. The van der Waals surface area contributed by atoms with Crippen LogP contribution in [0.3, 0.4) is 0 Å². The Labute approximate surface area is 205 Å². The first-order valence-electron chi connectivity index (χ1n) is 11.2. The van der Waals surface area contributed by atoms with Crippen molar-refractivity contribution in [2.45, 2.75) is 30.3 Å². The molecule has 0 aliphatic carbocycles. The number of carbonyl (C=O) groups excluding carboxylic acids is 1. The minimum absolute atomic E-state index is 0.0709. The highest BCUT2D eigenvalue weighted by Crippen LogP contribution is 2.38. The van der Waals surface area contributed by atoms with Crippen molar-refractivity contribution in [3.63, 3.8) is 0 Å². The van der Waals surface area contributed by atoms with Crippen LogP contribution in [0, 0.1) is 0 Å². The van der Waals surface area contributed by atoms with Gasteiger partial charge in [-0.25, -0.2) is 13.1 Å². The van der Waals surface area contributed by atoms with E-state index in [1.165, 1.54) is 24.5 Å². The number of methoxy groups -OCH3 is 2. The van der Waals surface area contributed by atoms with Gasteiger partial charge in [-0.1, -0.05) is 12.1 Å². The summed E-state index contributed by atoms with van der Waals surface area (Å²) in [6.45, 7) is 0.725. The maximum Gasteiger partial charge on any atom is 0.247 e. The largest absolute Gasteiger partial charge is 0.497 e. The predicted octanol–water partition coefficient (Wildman–Crippen LogP) is 4.15. The number of carbonyl (C=O) groups is 1. The molecule has 2 aromatic carbocycles. The summed E-state index contributed by atoms with van der Waals surface area (Å²) in [7, 11) is -0.469. The zero-order chi connectivity index (χ0) is 24.8. The van der Waals surface area contributed by atoms with Gasteiger partial charge in [0.05, 0.1) is 38.0 Å². The van der Waals surface area contributed by atoms with Crippen LogP contribution in [-0.4, -0.2) is 40.0 Å². The number of nitrogens with one attached hydrogen (secondary N) is 1. The fourth-order valence-corrected chi connectivity index (χ4v) is 5.12. The van der Waals surface area contributed by atoms with Crippen LogP contribution in [-0.2, 0) is 21.4 Å². The number of benzene rings is 2. The lowest BCUT2D eigenvalue weighted by Crippen LogP contribution is -2.29. The molecule has 1 atom stereocenters. The molecule has 4 rings (SSSR count). The zero-order valence-electron chi connectivity index (χ0n) is 19.6. The highest BCUT2D eigenvalue weighted by Gasteiger charge is 2.31. The average Bonchev–Trinajstić information content (AvgIpc) is 3.58. The van der Waals surface area contributed by atoms with Gasteiger partial charge >= 0.3 is 0 Å². The fourth-order valence-electron chi connectivity index (χ4n) is 4.13. The van der Waals surface area contributed by atoms with Gasteiger partial charge in [0.15, 0.2) is 0 Å². The summed E-state index contributed by atoms with van der Waals surface area (Å²) in [4.78, 5) is 15.0. The molecule has 1 aliphatic rings. The van der Waals surface area contributed by atoms with Gasteiger partial charge in [-0.15, -0.1) is 0 Å². The Morgan fingerprint density at radius 3 is 2.63 bits per heavy atom. The van der Waals surface area contributed by atoms with Gasteiger partial charge in [-0.3, -0.25) is 4.79 Å². The average molecular weight is 497 g/mol. The number of hydrogen-bond donors (Lipinski definition) is 1. The molecule has 35 heavy (non-hydrogen) atoms. The third-order valence-electron chi connectivity index (χ3n) is 5.96. The molecular formula is C26H28N2O6S. The molecule has 1 N–H and O–H groups in total. The molecule has 2 heterocycles. The summed E-state index contributed by atoms with van der Waals surface area (Å²) < 4.78 is 43.5. The number of nitrogens with zero attached hydrogens (tertiary/aromatic N) is 1. The van der Waals surface area contributed by atoms with E-state index in [1.54, 1.807) is 44.6 Å². The quantitative estimate of drug-likeness (QED) is 0.447. The number of ether oxygens (including phenoxy) is 2. The second-order valence-electron chi connectivity index (χ2n) is 8.10. The summed E-state index contributed by atoms with van der Waals surface area (Å²) in [5.74, 6) is 1.81. The molecule has 0 saturated carbocycles. The van der Waals surface area contributed by atoms with Crippen LogP contribution in [0.4, 0.5) is 0 Å². The van der Waals surface area contributed by atoms with E-state index in [4.69, 9.17) is 13.9 Å². The fraction of sp³-hybridized carbons (Fsp3) is 0.269. The van der Waals surface area contributed by atoms with Gasteiger partial charge < -0.3 is 18.8 Å². The van der Waals surface area contributed by atoms with Crippen LogP contribution in [0.25, 0.3) is 6.08 Å². The Kier molecular flexibility index (Phi) is 7.57. The summed E-state index contributed by atoms with van der Waals surface area (Å²) in [5.41, 5.74) is 1.67. The van der Waals surface area contributed by atoms with Gasteiger partial charge in [0.1, 0.15) is 17.3 Å². The normalized spacial score (nSPS) is 16.1. The first kappa shape index (κ1) is 24.6. The lowest BCUT2D eigenvalue weighted by Gasteiger charge is -2.25. The molecule has 1 amide bonds. The van der Waals surface area contributed by atoms with Crippen molar-refractivity contribution in [2.75, 3.05) is 20.8 Å². The van der Waals surface area contributed by atoms with Crippen LogP contribution in [0.1, 0.15) is 35.8 Å². The van der Waals surface area contributed by atoms with Gasteiger partial charge in [-0.05, 0) is 60.9 Å². The molecule has 1 fully saturated rings. The van der Waals surface area contributed by atoms with E-state index in [1.807, 2.05) is 23.1 Å². The van der Waals surface area contributed by atoms with Gasteiger partial charge in [0.2, 0.25) is 15.9 Å². The van der Waals surface area contributed by atoms with Crippen LogP contribution < -0.4 is 14.2 Å². The molecule has 184 valence electrons. The van der Waals surface area contributed by atoms with Crippen LogP contribution in [0.5, 0.6) is 11.5 Å². The van der Waals surface area contributed by atoms with Gasteiger partial charge in [-0.2, -0.15) is 0 Å². The Bertz CT molecular complexity index is 1280. The molecule has 0 spiro atoms. The molecule has 1 aliphatic heterocycles. The summed E-state index contributed by atoms with van der Waals surface area (Å²) >= 11 is 0. The topological polar surface area (TPSA) is 98.1 Å². The molecule has 9 heteroatoms. The summed E-state index contributed by atoms with van der Waals surface area (Å²) in [5, 5.41) is 0. The van der Waals surface area contributed by atoms with Crippen molar-refractivity contribution in [3.8, 4) is 11.5 Å². The summed E-state index contributed by atoms with van der Waals surface area (Å²) in [6, 6.07) is 15.3. The SMILES string of the molecule is COc1ccc([C@H]2CCCN2C(=O)/C=C/c2ccc(S(=O)(=O)NCc3ccco3)cc2)c(OC)c1. The van der Waals surface area contributed by atoms with E-state index < -0.39 is 10.0 Å². The highest BCUT2D eigenvalue weighted by atomic mass is 32.2. The maximum atomic E-state index is 13.0. The number of rotatable bonds is 9. The Balaban J connectivity index is 1.42. The van der Waals surface area contributed by atoms with Crippen molar-refractivity contribution < 1.29 is 27.1 Å². The van der Waals surface area contributed by atoms with E-state index in [9.17, 15) is 13.2 Å². The van der Waals surface area contributed by atoms with E-state index in [-0.39, 0.29) is 23.4 Å². The van der Waals surface area contributed by atoms with Crippen molar-refractivity contribution in [2.24, 2.45) is 0 Å². The lowest BCUT2D eigenvalue weighted by atomic mass is 10.0. The van der Waals surface area contributed by atoms with Crippen LogP contribution in [0.15, 0.2) is 76.2 Å². The van der Waals surface area contributed by atoms with E-state index in [0.29, 0.717) is 23.8 Å². The highest BCUT2D eigenvalue weighted by molar-refractivity contribution is 7.89. The zero-order valence-corrected chi connectivity index (χ0v) is 20.5. The monoisotopic (exact) mass is 496 g/mol. The Hall–Kier alpha value is -3.56. The van der Waals surface area contributed by atoms with Crippen molar-refractivity contribution in [1.82, 2.24) is 9.62 Å². The van der Waals surface area contributed by atoms with E-state index in [0.717, 1.165) is 24.0 Å². The molecule has 0 bridgehead atoms. The maximum absolute atomic E-state index is 13.0. The minimum atomic E-state index is -3.68. The number of likely N-dealkylation sites (tertiary alicyclic amines) is 1. The van der Waals surface area contributed by atoms with Crippen molar-refractivity contribution >= 4 is 22.0 Å². The van der Waals surface area contributed by atoms with Gasteiger partial charge in [0, 0.05) is 24.3 Å². The summed E-state index contributed by atoms with van der Waals surface area (Å²) in [6.07, 6.45) is 6.45. The molecule has 3 aromatic rings. The second-order valence-corrected chi connectivity index (χ2v) is 9.87. The third-order valence-corrected chi connectivity index (χ3v) is 7.38. The number of hydrogen-bond acceptors (Lipinski definition) is 6. The standard InChI is InChI=1S/C26H28N2O6S/c1-32-20-10-13-23(25(17-20)33-2)24-6-3-15-28(24)26(29)14-9-19-7-11-22(12-8-19)35(30,31)27-18-21-5-4-16-34-21/h4-5,7-14,16-17,24,27H,3,6,15,18H2,1-2H3/b14-9+/t24-/m1/s1. The molecular weight excluding hydrogens is 468 g/mol. The number of sulfonamides is 1. The van der Waals surface area contributed by atoms with Crippen LogP contribution in [0.2, 0.25) is 0 Å². The lowest BCUT2D eigenvalue weighted by molar-refractivity contribution is -0.126. The number of amides is 1. The molecule has 0 unspecified atom stereocenters. The van der Waals surface area contributed by atoms with E-state index in [2.05, 4.69) is 4.72 Å². The Morgan fingerprint density at radius 1 is 1.14 bits per heavy atom. The Morgan fingerprint density at radius 2 is 1.94 bits per heavy atom. The second kappa shape index (κ2) is 10.8.